The smallest absolute Gasteiger partial charge is 0.394 e. The maximum absolute atomic E-state index is 10.8. The maximum atomic E-state index is 10.8. The minimum atomic E-state index is -4.82. The van der Waals surface area contributed by atoms with Gasteiger partial charge in [0, 0.05) is 6.42 Å². The number of aliphatic hydroxyl groups excluding tert-OH is 4. The molecule has 1 aliphatic rings. The van der Waals surface area contributed by atoms with E-state index in [9.17, 15) is 28.8 Å². The molecule has 1 fully saturated rings. The van der Waals surface area contributed by atoms with Crippen molar-refractivity contribution in [2.45, 2.75) is 42.7 Å². The van der Waals surface area contributed by atoms with E-state index in [1.165, 1.54) is 0 Å². The van der Waals surface area contributed by atoms with Crippen molar-refractivity contribution in [2.24, 2.45) is 5.16 Å². The van der Waals surface area contributed by atoms with Crippen molar-refractivity contribution in [3.63, 3.8) is 0 Å². The highest BCUT2D eigenvalue weighted by Crippen LogP contribution is 2.30. The highest BCUT2D eigenvalue weighted by molar-refractivity contribution is 8.14. The van der Waals surface area contributed by atoms with Crippen LogP contribution in [0.3, 0.4) is 0 Å². The Balaban J connectivity index is 2.12. The average molecular weight is 423 g/mol. The van der Waals surface area contributed by atoms with E-state index in [1.54, 1.807) is 0 Å². The number of benzene rings is 1. The lowest BCUT2D eigenvalue weighted by molar-refractivity contribution is -0.205. The number of thioether (sulfide) groups is 1. The Labute approximate surface area is 160 Å². The van der Waals surface area contributed by atoms with E-state index < -0.39 is 46.9 Å². The second-order valence-corrected chi connectivity index (χ2v) is 7.96. The van der Waals surface area contributed by atoms with Crippen LogP contribution in [0.5, 0.6) is 0 Å². The standard InChI is InChI=1S/C15H21NO9S2/c17-8-10-12(18)13(19)14(20)15(24-10)26-11(16-25-27(21,22)23)7-6-9-4-2-1-3-5-9/h1-5,10,12-15,17-20H,6-8H2,(H,21,22,23)/b16-11-/t10-,12-,13+,14-,15+/m1/s1. The van der Waals surface area contributed by atoms with Gasteiger partial charge in [0.2, 0.25) is 0 Å². The molecule has 5 atom stereocenters. The second kappa shape index (κ2) is 9.80. The van der Waals surface area contributed by atoms with Gasteiger partial charge in [0.25, 0.3) is 0 Å². The lowest BCUT2D eigenvalue weighted by atomic mass is 10.0. The van der Waals surface area contributed by atoms with Crippen LogP contribution in [-0.2, 0) is 25.8 Å². The van der Waals surface area contributed by atoms with Crippen LogP contribution in [0.1, 0.15) is 12.0 Å². The number of aryl methyl sites for hydroxylation is 1. The lowest BCUT2D eigenvalue weighted by Gasteiger charge is -2.39. The van der Waals surface area contributed by atoms with E-state index in [0.717, 1.165) is 17.3 Å². The molecular weight excluding hydrogens is 402 g/mol. The summed E-state index contributed by atoms with van der Waals surface area (Å²) in [6.45, 7) is -0.597. The van der Waals surface area contributed by atoms with E-state index in [2.05, 4.69) is 9.44 Å². The molecular formula is C15H21NO9S2. The zero-order valence-corrected chi connectivity index (χ0v) is 15.7. The first-order valence-corrected chi connectivity index (χ1v) is 10.2. The number of hydrogen-bond donors (Lipinski definition) is 5. The monoisotopic (exact) mass is 423 g/mol. The van der Waals surface area contributed by atoms with Crippen LogP contribution >= 0.6 is 11.8 Å². The van der Waals surface area contributed by atoms with E-state index in [0.29, 0.717) is 6.42 Å². The van der Waals surface area contributed by atoms with E-state index in [4.69, 9.17) is 9.29 Å². The molecule has 0 aromatic heterocycles. The molecule has 1 heterocycles. The van der Waals surface area contributed by atoms with E-state index in [1.807, 2.05) is 30.3 Å². The quantitative estimate of drug-likeness (QED) is 0.163. The number of nitrogens with zero attached hydrogens (tertiary/aromatic N) is 1. The van der Waals surface area contributed by atoms with Crippen LogP contribution in [0, 0.1) is 0 Å². The molecule has 1 aromatic carbocycles. The minimum absolute atomic E-state index is 0.0563. The molecule has 1 saturated heterocycles. The van der Waals surface area contributed by atoms with Gasteiger partial charge in [0.1, 0.15) is 34.9 Å². The molecule has 0 aliphatic carbocycles. The first-order valence-electron chi connectivity index (χ1n) is 7.95. The molecule has 0 saturated carbocycles. The molecule has 0 amide bonds. The molecule has 0 unspecified atom stereocenters. The lowest BCUT2D eigenvalue weighted by Crippen LogP contribution is -2.57. The highest BCUT2D eigenvalue weighted by Gasteiger charge is 2.44. The fourth-order valence-corrected chi connectivity index (χ4v) is 3.71. The Morgan fingerprint density at radius 2 is 1.81 bits per heavy atom. The summed E-state index contributed by atoms with van der Waals surface area (Å²) in [6, 6.07) is 9.18. The highest BCUT2D eigenvalue weighted by atomic mass is 32.3. The van der Waals surface area contributed by atoms with Crippen molar-refractivity contribution < 1.29 is 42.4 Å². The first kappa shape index (κ1) is 22.0. The van der Waals surface area contributed by atoms with Crippen molar-refractivity contribution >= 4 is 27.2 Å². The average Bonchev–Trinajstić information content (AvgIpc) is 2.64. The van der Waals surface area contributed by atoms with Gasteiger partial charge in [-0.05, 0) is 12.0 Å². The van der Waals surface area contributed by atoms with Gasteiger partial charge in [0.05, 0.1) is 6.61 Å². The van der Waals surface area contributed by atoms with Gasteiger partial charge in [0.15, 0.2) is 0 Å². The van der Waals surface area contributed by atoms with Gasteiger partial charge in [-0.3, -0.25) is 4.55 Å². The predicted molar refractivity (Wildman–Crippen MR) is 96.2 cm³/mol. The number of aliphatic hydroxyl groups is 4. The summed E-state index contributed by atoms with van der Waals surface area (Å²) in [4.78, 5) is 0. The molecule has 10 nitrogen and oxygen atoms in total. The minimum Gasteiger partial charge on any atom is -0.394 e. The molecule has 1 aliphatic heterocycles. The Morgan fingerprint density at radius 1 is 1.15 bits per heavy atom. The van der Waals surface area contributed by atoms with Crippen molar-refractivity contribution in [3.05, 3.63) is 35.9 Å². The third-order valence-corrected chi connectivity index (χ3v) is 5.24. The number of hydrogen-bond acceptors (Lipinski definition) is 10. The zero-order chi connectivity index (χ0) is 20.0. The molecule has 152 valence electrons. The summed E-state index contributed by atoms with van der Waals surface area (Å²) in [5, 5.41) is 42.4. The third kappa shape index (κ3) is 6.69. The SMILES string of the molecule is O=S(=O)(O)O/N=C(/CCc1ccccc1)S[C@@H]1O[C@H](CO)[C@@H](O)[C@H](O)[C@H]1O. The number of rotatable bonds is 7. The summed E-state index contributed by atoms with van der Waals surface area (Å²) in [7, 11) is -4.82. The topological polar surface area (TPSA) is 166 Å². The van der Waals surface area contributed by atoms with Crippen LogP contribution in [0.2, 0.25) is 0 Å². The summed E-state index contributed by atoms with van der Waals surface area (Å²) in [5.41, 5.74) is -0.230. The molecule has 27 heavy (non-hydrogen) atoms. The van der Waals surface area contributed by atoms with E-state index in [-0.39, 0.29) is 11.5 Å². The Morgan fingerprint density at radius 3 is 2.41 bits per heavy atom. The summed E-state index contributed by atoms with van der Waals surface area (Å²) in [5.74, 6) is 0. The van der Waals surface area contributed by atoms with Gasteiger partial charge >= 0.3 is 10.4 Å². The molecule has 12 heteroatoms. The normalized spacial score (nSPS) is 29.5. The molecule has 0 radical (unpaired) electrons. The molecule has 0 spiro atoms. The Hall–Kier alpha value is -1.25. The molecule has 0 bridgehead atoms. The van der Waals surface area contributed by atoms with Crippen molar-refractivity contribution in [2.75, 3.05) is 6.61 Å². The van der Waals surface area contributed by atoms with Crippen LogP contribution in [0.15, 0.2) is 35.5 Å². The summed E-state index contributed by atoms with van der Waals surface area (Å²) >= 11 is 0.754. The second-order valence-electron chi connectivity index (χ2n) is 5.79. The Kier molecular flexibility index (Phi) is 8.00. The van der Waals surface area contributed by atoms with Crippen LogP contribution in [-0.4, -0.2) is 74.9 Å². The number of ether oxygens (including phenoxy) is 1. The van der Waals surface area contributed by atoms with Gasteiger partial charge in [-0.2, -0.15) is 8.42 Å². The summed E-state index contributed by atoms with van der Waals surface area (Å²) < 4.78 is 39.7. The van der Waals surface area contributed by atoms with Crippen molar-refractivity contribution in [1.29, 1.82) is 0 Å². The zero-order valence-electron chi connectivity index (χ0n) is 14.0. The van der Waals surface area contributed by atoms with Crippen LogP contribution in [0.25, 0.3) is 0 Å². The predicted octanol–water partition coefficient (Wildman–Crippen LogP) is -0.715. The summed E-state index contributed by atoms with van der Waals surface area (Å²) in [6.07, 6.45) is -5.11. The van der Waals surface area contributed by atoms with Gasteiger partial charge in [-0.25, -0.2) is 4.28 Å². The van der Waals surface area contributed by atoms with Gasteiger partial charge in [-0.15, -0.1) is 0 Å². The van der Waals surface area contributed by atoms with Crippen LogP contribution < -0.4 is 0 Å². The molecule has 5 N–H and O–H groups in total. The third-order valence-electron chi connectivity index (χ3n) is 3.80. The fourth-order valence-electron chi connectivity index (χ4n) is 2.41. The first-order chi connectivity index (χ1) is 12.7. The molecule has 2 rings (SSSR count). The van der Waals surface area contributed by atoms with E-state index >= 15 is 0 Å². The van der Waals surface area contributed by atoms with Crippen LogP contribution in [0.4, 0.5) is 0 Å². The fraction of sp³-hybridized carbons (Fsp3) is 0.533. The largest absolute Gasteiger partial charge is 0.466 e. The van der Waals surface area contributed by atoms with Crippen molar-refractivity contribution in [1.82, 2.24) is 0 Å². The Bertz CT molecular complexity index is 726. The van der Waals surface area contributed by atoms with Gasteiger partial charge in [-0.1, -0.05) is 47.2 Å². The van der Waals surface area contributed by atoms with Gasteiger partial charge < -0.3 is 25.2 Å². The maximum Gasteiger partial charge on any atom is 0.466 e. The molecule has 1 aromatic rings. The van der Waals surface area contributed by atoms with Crippen molar-refractivity contribution in [3.8, 4) is 0 Å². The number of oxime groups is 1.